The smallest absolute Gasteiger partial charge is 0.238 e. The van der Waals surface area contributed by atoms with Crippen LogP contribution in [-0.4, -0.2) is 46.8 Å². The van der Waals surface area contributed by atoms with Crippen LogP contribution < -0.4 is 10.0 Å². The molecule has 0 heterocycles. The third-order valence-electron chi connectivity index (χ3n) is 3.56. The number of sulfone groups is 1. The summed E-state index contributed by atoms with van der Waals surface area (Å²) in [5, 5.41) is 3.67. The Morgan fingerprint density at radius 2 is 1.84 bits per heavy atom. The van der Waals surface area contributed by atoms with E-state index in [0.717, 1.165) is 24.5 Å². The third-order valence-corrected chi connectivity index (χ3v) is 5.65. The van der Waals surface area contributed by atoms with Gasteiger partial charge in [0.05, 0.1) is 5.75 Å². The van der Waals surface area contributed by atoms with Gasteiger partial charge in [-0.2, -0.15) is 4.72 Å². The van der Waals surface area contributed by atoms with E-state index in [0.29, 0.717) is 5.56 Å². The first-order valence-corrected chi connectivity index (χ1v) is 11.5. The molecule has 2 N–H and O–H groups in total. The molecule has 1 fully saturated rings. The lowest BCUT2D eigenvalue weighted by Crippen LogP contribution is -2.47. The predicted octanol–water partition coefficient (Wildman–Crippen LogP) is 0.659. The molecule has 1 saturated carbocycles. The zero-order valence-corrected chi connectivity index (χ0v) is 15.5. The van der Waals surface area contributed by atoms with Crippen molar-refractivity contribution in [3.8, 4) is 0 Å². The molecule has 25 heavy (non-hydrogen) atoms. The number of carbonyl (C=O) groups excluding carboxylic acids is 1. The Kier molecular flexibility index (Phi) is 6.36. The number of carbonyl (C=O) groups is 1. The van der Waals surface area contributed by atoms with Gasteiger partial charge in [-0.25, -0.2) is 16.8 Å². The minimum atomic E-state index is -3.89. The normalized spacial score (nSPS) is 16.7. The fourth-order valence-corrected chi connectivity index (χ4v) is 3.77. The summed E-state index contributed by atoms with van der Waals surface area (Å²) in [6.07, 6.45) is 4.05. The van der Waals surface area contributed by atoms with Crippen molar-refractivity contribution in [2.75, 3.05) is 12.0 Å². The number of nitrogens with one attached hydrogen (secondary N) is 2. The summed E-state index contributed by atoms with van der Waals surface area (Å²) in [5.74, 6) is -0.774. The van der Waals surface area contributed by atoms with Gasteiger partial charge in [-0.15, -0.1) is 0 Å². The molecule has 0 aromatic heterocycles. The van der Waals surface area contributed by atoms with Crippen LogP contribution in [0.2, 0.25) is 0 Å². The summed E-state index contributed by atoms with van der Waals surface area (Å²) in [5.41, 5.74) is 0.697. The fraction of sp³-hybridized carbons (Fsp3) is 0.438. The molecule has 138 valence electrons. The molecular weight excluding hydrogens is 364 g/mol. The third kappa shape index (κ3) is 7.80. The maximum absolute atomic E-state index is 12.2. The summed E-state index contributed by atoms with van der Waals surface area (Å²) in [6, 6.07) is 7.78. The molecule has 0 aliphatic heterocycles. The zero-order valence-electron chi connectivity index (χ0n) is 13.9. The molecule has 1 aromatic rings. The highest BCUT2D eigenvalue weighted by molar-refractivity contribution is 7.92. The molecule has 0 radical (unpaired) electrons. The molecule has 2 rings (SSSR count). The number of hydrogen-bond acceptors (Lipinski definition) is 5. The Morgan fingerprint density at radius 3 is 2.40 bits per heavy atom. The van der Waals surface area contributed by atoms with Crippen LogP contribution in [0.15, 0.2) is 35.7 Å². The molecule has 1 amide bonds. The van der Waals surface area contributed by atoms with E-state index in [-0.39, 0.29) is 18.2 Å². The van der Waals surface area contributed by atoms with Crippen molar-refractivity contribution >= 4 is 31.8 Å². The molecule has 7 nitrogen and oxygen atoms in total. The maximum Gasteiger partial charge on any atom is 0.238 e. The van der Waals surface area contributed by atoms with E-state index in [2.05, 4.69) is 10.0 Å². The van der Waals surface area contributed by atoms with Gasteiger partial charge in [-0.1, -0.05) is 30.3 Å². The second kappa shape index (κ2) is 8.11. The van der Waals surface area contributed by atoms with E-state index in [4.69, 9.17) is 0 Å². The Balaban J connectivity index is 2.07. The zero-order chi connectivity index (χ0) is 18.5. The Hall–Kier alpha value is -1.71. The highest BCUT2D eigenvalue weighted by Gasteiger charge is 2.29. The molecule has 1 aromatic carbocycles. The molecule has 1 atom stereocenters. The number of benzene rings is 1. The van der Waals surface area contributed by atoms with Crippen LogP contribution in [0.25, 0.3) is 6.08 Å². The van der Waals surface area contributed by atoms with Gasteiger partial charge in [0.25, 0.3) is 0 Å². The summed E-state index contributed by atoms with van der Waals surface area (Å²) < 4.78 is 49.4. The van der Waals surface area contributed by atoms with Gasteiger partial charge in [0.15, 0.2) is 0 Å². The SMILES string of the molecule is CS(=O)(=O)CCC(NS(=O)(=O)C=Cc1ccccc1)C(=O)NC1CC1. The van der Waals surface area contributed by atoms with Crippen LogP contribution >= 0.6 is 0 Å². The van der Waals surface area contributed by atoms with Crippen molar-refractivity contribution in [1.29, 1.82) is 0 Å². The van der Waals surface area contributed by atoms with Gasteiger partial charge >= 0.3 is 0 Å². The first kappa shape index (κ1) is 19.6. The molecule has 0 saturated heterocycles. The molecule has 9 heteroatoms. The molecule has 1 aliphatic rings. The van der Waals surface area contributed by atoms with Gasteiger partial charge < -0.3 is 5.32 Å². The summed E-state index contributed by atoms with van der Waals surface area (Å²) in [4.78, 5) is 12.2. The first-order chi connectivity index (χ1) is 11.6. The molecule has 0 bridgehead atoms. The Morgan fingerprint density at radius 1 is 1.20 bits per heavy atom. The number of rotatable bonds is 9. The number of hydrogen-bond donors (Lipinski definition) is 2. The minimum Gasteiger partial charge on any atom is -0.352 e. The van der Waals surface area contributed by atoms with Crippen LogP contribution in [0.4, 0.5) is 0 Å². The summed E-state index contributed by atoms with van der Waals surface area (Å²) >= 11 is 0. The van der Waals surface area contributed by atoms with Gasteiger partial charge in [-0.05, 0) is 30.9 Å². The van der Waals surface area contributed by atoms with Gasteiger partial charge in [0.1, 0.15) is 15.9 Å². The van der Waals surface area contributed by atoms with Crippen molar-refractivity contribution in [2.24, 2.45) is 0 Å². The number of sulfonamides is 1. The van der Waals surface area contributed by atoms with E-state index in [1.807, 2.05) is 6.07 Å². The van der Waals surface area contributed by atoms with E-state index < -0.39 is 31.8 Å². The van der Waals surface area contributed by atoms with Crippen molar-refractivity contribution in [1.82, 2.24) is 10.0 Å². The van der Waals surface area contributed by atoms with E-state index in [1.165, 1.54) is 6.08 Å². The average molecular weight is 386 g/mol. The minimum absolute atomic E-state index is 0.0533. The molecule has 0 spiro atoms. The standard InChI is InChI=1S/C16H22N2O5S2/c1-24(20,21)11-10-15(16(19)17-14-7-8-14)18-25(22,23)12-9-13-5-3-2-4-6-13/h2-6,9,12,14-15,18H,7-8,10-11H2,1H3,(H,17,19). The van der Waals surface area contributed by atoms with Crippen LogP contribution in [-0.2, 0) is 24.7 Å². The lowest BCUT2D eigenvalue weighted by molar-refractivity contribution is -0.122. The van der Waals surface area contributed by atoms with Crippen molar-refractivity contribution in [3.05, 3.63) is 41.3 Å². The molecule has 1 unspecified atom stereocenters. The monoisotopic (exact) mass is 386 g/mol. The average Bonchev–Trinajstić information content (AvgIpc) is 3.33. The Bertz CT molecular complexity index is 829. The quantitative estimate of drug-likeness (QED) is 0.648. The topological polar surface area (TPSA) is 109 Å². The molecule has 1 aliphatic carbocycles. The summed E-state index contributed by atoms with van der Waals surface area (Å²) in [7, 11) is -7.20. The summed E-state index contributed by atoms with van der Waals surface area (Å²) in [6.45, 7) is 0. The van der Waals surface area contributed by atoms with Gasteiger partial charge in [-0.3, -0.25) is 4.79 Å². The maximum atomic E-state index is 12.2. The van der Waals surface area contributed by atoms with Crippen LogP contribution in [0.5, 0.6) is 0 Å². The fourth-order valence-electron chi connectivity index (χ4n) is 2.07. The van der Waals surface area contributed by atoms with Gasteiger partial charge in [0, 0.05) is 17.7 Å². The van der Waals surface area contributed by atoms with Crippen LogP contribution in [0.1, 0.15) is 24.8 Å². The van der Waals surface area contributed by atoms with Crippen LogP contribution in [0.3, 0.4) is 0 Å². The van der Waals surface area contributed by atoms with Gasteiger partial charge in [0.2, 0.25) is 15.9 Å². The Labute approximate surface area is 148 Å². The molecular formula is C16H22N2O5S2. The van der Waals surface area contributed by atoms with E-state index >= 15 is 0 Å². The second-order valence-corrected chi connectivity index (χ2v) is 9.99. The van der Waals surface area contributed by atoms with Crippen molar-refractivity contribution in [3.63, 3.8) is 0 Å². The predicted molar refractivity (Wildman–Crippen MR) is 96.8 cm³/mol. The van der Waals surface area contributed by atoms with E-state index in [1.54, 1.807) is 24.3 Å². The second-order valence-electron chi connectivity index (χ2n) is 6.13. The largest absolute Gasteiger partial charge is 0.352 e. The van der Waals surface area contributed by atoms with Crippen molar-refractivity contribution < 1.29 is 21.6 Å². The highest BCUT2D eigenvalue weighted by Crippen LogP contribution is 2.19. The first-order valence-electron chi connectivity index (χ1n) is 7.88. The highest BCUT2D eigenvalue weighted by atomic mass is 32.2. The lowest BCUT2D eigenvalue weighted by Gasteiger charge is -2.17. The lowest BCUT2D eigenvalue weighted by atomic mass is 10.2. The van der Waals surface area contributed by atoms with Crippen LogP contribution in [0, 0.1) is 0 Å². The number of amides is 1. The van der Waals surface area contributed by atoms with E-state index in [9.17, 15) is 21.6 Å². The van der Waals surface area contributed by atoms with Crippen molar-refractivity contribution in [2.45, 2.75) is 31.3 Å².